The van der Waals surface area contributed by atoms with E-state index >= 15 is 0 Å². The molecule has 4 nitrogen and oxygen atoms in total. The van der Waals surface area contributed by atoms with E-state index in [1.807, 2.05) is 6.07 Å². The molecule has 1 N–H and O–H groups in total. The standard InChI is InChI=1S/C11H11BrFN3O/c1-7-15-11(17-16-7)6-14-5-8-2-3-9(12)10(13)4-8/h2-4,14H,5-6H2,1H3. The molecule has 6 heteroatoms. The first kappa shape index (κ1) is 12.2. The molecule has 1 aromatic heterocycles. The summed E-state index contributed by atoms with van der Waals surface area (Å²) >= 11 is 3.11. The van der Waals surface area contributed by atoms with Gasteiger partial charge in [0.25, 0.3) is 0 Å². The Balaban J connectivity index is 1.87. The number of aromatic nitrogens is 2. The average Bonchev–Trinajstić information content (AvgIpc) is 2.70. The lowest BCUT2D eigenvalue weighted by Crippen LogP contribution is -2.13. The normalized spacial score (nSPS) is 10.8. The van der Waals surface area contributed by atoms with Crippen LogP contribution in [0.5, 0.6) is 0 Å². The van der Waals surface area contributed by atoms with E-state index in [2.05, 4.69) is 31.4 Å². The van der Waals surface area contributed by atoms with Crippen LogP contribution in [0.4, 0.5) is 4.39 Å². The zero-order chi connectivity index (χ0) is 12.3. The highest BCUT2D eigenvalue weighted by atomic mass is 79.9. The van der Waals surface area contributed by atoms with Gasteiger partial charge in [0.15, 0.2) is 5.82 Å². The quantitative estimate of drug-likeness (QED) is 0.943. The van der Waals surface area contributed by atoms with Crippen LogP contribution in [0, 0.1) is 12.7 Å². The SMILES string of the molecule is Cc1noc(CNCc2ccc(Br)c(F)c2)n1. The van der Waals surface area contributed by atoms with Gasteiger partial charge in [-0.05, 0) is 40.5 Å². The number of hydrogen-bond acceptors (Lipinski definition) is 4. The van der Waals surface area contributed by atoms with Crippen molar-refractivity contribution < 1.29 is 8.91 Å². The first-order valence-electron chi connectivity index (χ1n) is 5.09. The van der Waals surface area contributed by atoms with Gasteiger partial charge < -0.3 is 9.84 Å². The van der Waals surface area contributed by atoms with Crippen molar-refractivity contribution in [2.75, 3.05) is 0 Å². The Kier molecular flexibility index (Phi) is 3.86. The molecule has 2 aromatic rings. The largest absolute Gasteiger partial charge is 0.338 e. The van der Waals surface area contributed by atoms with E-state index < -0.39 is 0 Å². The van der Waals surface area contributed by atoms with Gasteiger partial charge in [0.2, 0.25) is 5.89 Å². The highest BCUT2D eigenvalue weighted by Crippen LogP contribution is 2.16. The lowest BCUT2D eigenvalue weighted by atomic mass is 10.2. The van der Waals surface area contributed by atoms with Crippen molar-refractivity contribution in [2.24, 2.45) is 0 Å². The predicted octanol–water partition coefficient (Wildman–Crippen LogP) is 2.57. The molecule has 17 heavy (non-hydrogen) atoms. The van der Waals surface area contributed by atoms with Crippen molar-refractivity contribution in [3.05, 3.63) is 45.8 Å². The second-order valence-corrected chi connectivity index (χ2v) is 4.44. The van der Waals surface area contributed by atoms with E-state index in [9.17, 15) is 4.39 Å². The Morgan fingerprint density at radius 2 is 2.24 bits per heavy atom. The highest BCUT2D eigenvalue weighted by molar-refractivity contribution is 9.10. The molecule has 1 heterocycles. The van der Waals surface area contributed by atoms with Crippen LogP contribution in [-0.2, 0) is 13.1 Å². The van der Waals surface area contributed by atoms with Crippen molar-refractivity contribution >= 4 is 15.9 Å². The summed E-state index contributed by atoms with van der Waals surface area (Å²) in [7, 11) is 0. The Labute approximate surface area is 106 Å². The average molecular weight is 300 g/mol. The molecule has 0 saturated heterocycles. The van der Waals surface area contributed by atoms with Crippen molar-refractivity contribution in [2.45, 2.75) is 20.0 Å². The first-order chi connectivity index (χ1) is 8.15. The van der Waals surface area contributed by atoms with Crippen LogP contribution in [0.15, 0.2) is 27.2 Å². The minimum atomic E-state index is -0.266. The summed E-state index contributed by atoms with van der Waals surface area (Å²) < 4.78 is 18.6. The summed E-state index contributed by atoms with van der Waals surface area (Å²) in [6.45, 7) is 2.78. The van der Waals surface area contributed by atoms with Crippen LogP contribution in [0.3, 0.4) is 0 Å². The second kappa shape index (κ2) is 5.37. The molecule has 0 atom stereocenters. The summed E-state index contributed by atoms with van der Waals surface area (Å²) in [6.07, 6.45) is 0. The Bertz CT molecular complexity index is 515. The molecule has 0 bridgehead atoms. The Morgan fingerprint density at radius 1 is 1.41 bits per heavy atom. The maximum Gasteiger partial charge on any atom is 0.240 e. The fraction of sp³-hybridized carbons (Fsp3) is 0.273. The topological polar surface area (TPSA) is 51.0 Å². The van der Waals surface area contributed by atoms with Crippen molar-refractivity contribution in [1.29, 1.82) is 0 Å². The van der Waals surface area contributed by atoms with E-state index in [-0.39, 0.29) is 5.82 Å². The van der Waals surface area contributed by atoms with Gasteiger partial charge in [0.05, 0.1) is 11.0 Å². The van der Waals surface area contributed by atoms with Gasteiger partial charge in [-0.3, -0.25) is 0 Å². The van der Waals surface area contributed by atoms with Gasteiger partial charge in [-0.25, -0.2) is 4.39 Å². The van der Waals surface area contributed by atoms with Crippen LogP contribution in [0.1, 0.15) is 17.3 Å². The molecule has 0 aliphatic carbocycles. The van der Waals surface area contributed by atoms with Crippen molar-refractivity contribution in [3.8, 4) is 0 Å². The first-order valence-corrected chi connectivity index (χ1v) is 5.88. The van der Waals surface area contributed by atoms with E-state index in [0.29, 0.717) is 29.3 Å². The number of benzene rings is 1. The Hall–Kier alpha value is -1.27. The van der Waals surface area contributed by atoms with Gasteiger partial charge >= 0.3 is 0 Å². The van der Waals surface area contributed by atoms with Crippen LogP contribution in [-0.4, -0.2) is 10.1 Å². The van der Waals surface area contributed by atoms with Gasteiger partial charge in [0, 0.05) is 6.54 Å². The molecular weight excluding hydrogens is 289 g/mol. The molecule has 0 saturated carbocycles. The molecule has 0 spiro atoms. The zero-order valence-corrected chi connectivity index (χ0v) is 10.8. The van der Waals surface area contributed by atoms with E-state index in [4.69, 9.17) is 4.52 Å². The molecule has 2 rings (SSSR count). The summed E-state index contributed by atoms with van der Waals surface area (Å²) in [4.78, 5) is 4.05. The molecule has 0 unspecified atom stereocenters. The monoisotopic (exact) mass is 299 g/mol. The van der Waals surface area contributed by atoms with Crippen molar-refractivity contribution in [3.63, 3.8) is 0 Å². The lowest BCUT2D eigenvalue weighted by Gasteiger charge is -2.03. The fourth-order valence-electron chi connectivity index (χ4n) is 1.38. The van der Waals surface area contributed by atoms with Gasteiger partial charge in [-0.15, -0.1) is 0 Å². The number of nitrogens with one attached hydrogen (secondary N) is 1. The number of rotatable bonds is 4. The summed E-state index contributed by atoms with van der Waals surface area (Å²) in [5, 5.41) is 6.78. The molecule has 0 aliphatic heterocycles. The third kappa shape index (κ3) is 3.34. The van der Waals surface area contributed by atoms with Crippen LogP contribution < -0.4 is 5.32 Å². The number of nitrogens with zero attached hydrogens (tertiary/aromatic N) is 2. The highest BCUT2D eigenvalue weighted by Gasteiger charge is 2.03. The molecule has 0 aliphatic rings. The van der Waals surface area contributed by atoms with E-state index in [1.54, 1.807) is 13.0 Å². The van der Waals surface area contributed by atoms with Crippen molar-refractivity contribution in [1.82, 2.24) is 15.5 Å². The number of hydrogen-bond donors (Lipinski definition) is 1. The fourth-order valence-corrected chi connectivity index (χ4v) is 1.62. The minimum absolute atomic E-state index is 0.266. The number of aryl methyl sites for hydroxylation is 1. The maximum atomic E-state index is 13.2. The molecular formula is C11H11BrFN3O. The summed E-state index contributed by atoms with van der Waals surface area (Å²) in [5.74, 6) is 0.870. The third-order valence-electron chi connectivity index (χ3n) is 2.16. The maximum absolute atomic E-state index is 13.2. The Morgan fingerprint density at radius 3 is 2.88 bits per heavy atom. The third-order valence-corrected chi connectivity index (χ3v) is 2.80. The molecule has 0 fully saturated rings. The summed E-state index contributed by atoms with van der Waals surface area (Å²) in [5.41, 5.74) is 0.863. The summed E-state index contributed by atoms with van der Waals surface area (Å²) in [6, 6.07) is 5.01. The second-order valence-electron chi connectivity index (χ2n) is 3.59. The molecule has 90 valence electrons. The molecule has 0 amide bonds. The predicted molar refractivity (Wildman–Crippen MR) is 63.7 cm³/mol. The van der Waals surface area contributed by atoms with E-state index in [1.165, 1.54) is 6.07 Å². The van der Waals surface area contributed by atoms with E-state index in [0.717, 1.165) is 5.56 Å². The smallest absolute Gasteiger partial charge is 0.240 e. The van der Waals surface area contributed by atoms with Crippen LogP contribution in [0.2, 0.25) is 0 Å². The van der Waals surface area contributed by atoms with Gasteiger partial charge in [-0.1, -0.05) is 11.2 Å². The molecule has 1 aromatic carbocycles. The molecule has 0 radical (unpaired) electrons. The van der Waals surface area contributed by atoms with Crippen LogP contribution >= 0.6 is 15.9 Å². The zero-order valence-electron chi connectivity index (χ0n) is 9.20. The lowest BCUT2D eigenvalue weighted by molar-refractivity contribution is 0.364. The minimum Gasteiger partial charge on any atom is -0.338 e. The van der Waals surface area contributed by atoms with Crippen LogP contribution in [0.25, 0.3) is 0 Å². The number of halogens is 2. The van der Waals surface area contributed by atoms with Gasteiger partial charge in [0.1, 0.15) is 5.82 Å². The van der Waals surface area contributed by atoms with Gasteiger partial charge in [-0.2, -0.15) is 4.98 Å².